The number of hydrogen-bond acceptors (Lipinski definition) is 6. The summed E-state index contributed by atoms with van der Waals surface area (Å²) >= 11 is 2.91. The standard InChI is InChI=1S/C24H26N4OS2/c1-3-20(22(29)28-24-18(13-26)17-6-4-5-7-21(17)31-24)30-23-16(12-25)11-15-10-14(2)8-9-19(15)27-23/h11,14,20H,3-10H2,1-2H3,(H,28,29). The molecular weight excluding hydrogens is 424 g/mol. The van der Waals surface area contributed by atoms with Gasteiger partial charge in [0.25, 0.3) is 0 Å². The van der Waals surface area contributed by atoms with Gasteiger partial charge < -0.3 is 5.32 Å². The molecule has 0 radical (unpaired) electrons. The molecule has 7 heteroatoms. The van der Waals surface area contributed by atoms with E-state index in [9.17, 15) is 15.3 Å². The molecule has 0 saturated carbocycles. The number of carbonyl (C=O) groups excluding carboxylic acids is 1. The highest BCUT2D eigenvalue weighted by molar-refractivity contribution is 8.00. The van der Waals surface area contributed by atoms with Gasteiger partial charge in [-0.3, -0.25) is 4.79 Å². The van der Waals surface area contributed by atoms with Gasteiger partial charge in [0.2, 0.25) is 5.91 Å². The Kier molecular flexibility index (Phi) is 6.65. The van der Waals surface area contributed by atoms with Crippen LogP contribution >= 0.6 is 23.1 Å². The topological polar surface area (TPSA) is 89.6 Å². The van der Waals surface area contributed by atoms with Gasteiger partial charge in [0, 0.05) is 10.6 Å². The molecule has 1 N–H and O–H groups in total. The molecule has 2 atom stereocenters. The summed E-state index contributed by atoms with van der Waals surface area (Å²) in [5.74, 6) is 0.485. The maximum absolute atomic E-state index is 13.1. The van der Waals surface area contributed by atoms with Gasteiger partial charge in [-0.1, -0.05) is 25.6 Å². The van der Waals surface area contributed by atoms with Crippen LogP contribution in [0.25, 0.3) is 0 Å². The van der Waals surface area contributed by atoms with Gasteiger partial charge in [0.1, 0.15) is 22.2 Å². The highest BCUT2D eigenvalue weighted by atomic mass is 32.2. The van der Waals surface area contributed by atoms with E-state index in [-0.39, 0.29) is 11.2 Å². The molecule has 5 nitrogen and oxygen atoms in total. The van der Waals surface area contributed by atoms with Gasteiger partial charge in [0.05, 0.1) is 16.4 Å². The zero-order chi connectivity index (χ0) is 22.0. The summed E-state index contributed by atoms with van der Waals surface area (Å²) in [6.07, 6.45) is 7.74. The molecule has 2 aromatic rings. The van der Waals surface area contributed by atoms with Gasteiger partial charge in [-0.2, -0.15) is 10.5 Å². The van der Waals surface area contributed by atoms with Crippen molar-refractivity contribution in [1.82, 2.24) is 4.98 Å². The normalized spacial score (nSPS) is 18.3. The minimum Gasteiger partial charge on any atom is -0.316 e. The molecule has 2 aliphatic rings. The smallest absolute Gasteiger partial charge is 0.238 e. The first kappa shape index (κ1) is 21.9. The lowest BCUT2D eigenvalue weighted by molar-refractivity contribution is -0.115. The van der Waals surface area contributed by atoms with Crippen LogP contribution in [0, 0.1) is 28.6 Å². The Labute approximate surface area is 191 Å². The second-order valence-corrected chi connectivity index (χ2v) is 10.7. The maximum atomic E-state index is 13.1. The van der Waals surface area contributed by atoms with Crippen LogP contribution in [0.3, 0.4) is 0 Å². The molecule has 2 unspecified atom stereocenters. The van der Waals surface area contributed by atoms with E-state index in [0.717, 1.165) is 56.2 Å². The summed E-state index contributed by atoms with van der Waals surface area (Å²) in [6.45, 7) is 4.20. The molecule has 2 aliphatic carbocycles. The zero-order valence-corrected chi connectivity index (χ0v) is 19.6. The second-order valence-electron chi connectivity index (χ2n) is 8.44. The van der Waals surface area contributed by atoms with Crippen molar-refractivity contribution in [3.8, 4) is 12.1 Å². The maximum Gasteiger partial charge on any atom is 0.238 e. The van der Waals surface area contributed by atoms with Crippen LogP contribution < -0.4 is 5.32 Å². The van der Waals surface area contributed by atoms with E-state index in [1.54, 1.807) is 11.3 Å². The van der Waals surface area contributed by atoms with Crippen LogP contribution in [0.5, 0.6) is 0 Å². The largest absolute Gasteiger partial charge is 0.316 e. The number of aromatic nitrogens is 1. The van der Waals surface area contributed by atoms with Crippen molar-refractivity contribution in [2.45, 2.75) is 75.5 Å². The van der Waals surface area contributed by atoms with E-state index in [0.29, 0.717) is 33.5 Å². The van der Waals surface area contributed by atoms with Crippen molar-refractivity contribution < 1.29 is 4.79 Å². The predicted octanol–water partition coefficient (Wildman–Crippen LogP) is 5.40. The van der Waals surface area contributed by atoms with E-state index >= 15 is 0 Å². The van der Waals surface area contributed by atoms with Gasteiger partial charge in [0.15, 0.2) is 0 Å². The Morgan fingerprint density at radius 1 is 1.32 bits per heavy atom. The molecule has 0 fully saturated rings. The lowest BCUT2D eigenvalue weighted by Gasteiger charge is -2.22. The third-order valence-electron chi connectivity index (χ3n) is 6.16. The molecule has 0 saturated heterocycles. The van der Waals surface area contributed by atoms with Crippen LogP contribution in [-0.2, 0) is 30.5 Å². The van der Waals surface area contributed by atoms with Crippen molar-refractivity contribution in [1.29, 1.82) is 10.5 Å². The average Bonchev–Trinajstić information content (AvgIpc) is 3.13. The number of nitrogens with one attached hydrogen (secondary N) is 1. The molecule has 2 aromatic heterocycles. The van der Waals surface area contributed by atoms with Crippen LogP contribution in [-0.4, -0.2) is 16.1 Å². The number of carbonyl (C=O) groups is 1. The molecule has 0 aromatic carbocycles. The molecule has 2 heterocycles. The molecule has 1 amide bonds. The van der Waals surface area contributed by atoms with E-state index in [1.165, 1.54) is 22.2 Å². The minimum absolute atomic E-state index is 0.125. The number of aryl methyl sites for hydroxylation is 2. The fraction of sp³-hybridized carbons (Fsp3) is 0.500. The molecule has 31 heavy (non-hydrogen) atoms. The summed E-state index contributed by atoms with van der Waals surface area (Å²) in [5.41, 5.74) is 4.53. The lowest BCUT2D eigenvalue weighted by Crippen LogP contribution is -2.25. The Morgan fingerprint density at radius 2 is 2.13 bits per heavy atom. The van der Waals surface area contributed by atoms with Gasteiger partial charge in [-0.05, 0) is 74.5 Å². The summed E-state index contributed by atoms with van der Waals surface area (Å²) in [5, 5.41) is 23.3. The molecule has 0 bridgehead atoms. The molecule has 0 aliphatic heterocycles. The number of pyridine rings is 1. The van der Waals surface area contributed by atoms with Crippen LogP contribution in [0.2, 0.25) is 0 Å². The first-order valence-electron chi connectivity index (χ1n) is 11.0. The number of anilines is 1. The summed E-state index contributed by atoms with van der Waals surface area (Å²) < 4.78 is 0. The fourth-order valence-electron chi connectivity index (χ4n) is 4.42. The highest BCUT2D eigenvalue weighted by Gasteiger charge is 2.27. The Morgan fingerprint density at radius 3 is 2.87 bits per heavy atom. The number of nitriles is 2. The number of amides is 1. The second kappa shape index (κ2) is 9.42. The Hall–Kier alpha value is -2.35. The van der Waals surface area contributed by atoms with Crippen molar-refractivity contribution in [3.05, 3.63) is 38.9 Å². The SMILES string of the molecule is CCC(Sc1nc2c(cc1C#N)CC(C)CC2)C(=O)Nc1sc2c(c1C#N)CCCC2. The Balaban J connectivity index is 1.55. The van der Waals surface area contributed by atoms with Crippen LogP contribution in [0.1, 0.15) is 72.4 Å². The first-order valence-corrected chi connectivity index (χ1v) is 12.7. The number of hydrogen-bond donors (Lipinski definition) is 1. The predicted molar refractivity (Wildman–Crippen MR) is 124 cm³/mol. The molecule has 0 spiro atoms. The van der Waals surface area contributed by atoms with Gasteiger partial charge >= 0.3 is 0 Å². The third kappa shape index (κ3) is 4.49. The molecular formula is C24H26N4OS2. The van der Waals surface area contributed by atoms with E-state index in [1.807, 2.05) is 13.0 Å². The van der Waals surface area contributed by atoms with E-state index < -0.39 is 0 Å². The van der Waals surface area contributed by atoms with Gasteiger partial charge in [-0.25, -0.2) is 4.98 Å². The quantitative estimate of drug-likeness (QED) is 0.616. The van der Waals surface area contributed by atoms with Crippen molar-refractivity contribution in [2.75, 3.05) is 5.32 Å². The zero-order valence-electron chi connectivity index (χ0n) is 18.0. The molecule has 160 valence electrons. The average molecular weight is 451 g/mol. The van der Waals surface area contributed by atoms with E-state index in [2.05, 4.69) is 24.4 Å². The Bertz CT molecular complexity index is 1090. The highest BCUT2D eigenvalue weighted by Crippen LogP contribution is 2.38. The number of thiophene rings is 1. The minimum atomic E-state index is -0.370. The fourth-order valence-corrected chi connectivity index (χ4v) is 6.66. The summed E-state index contributed by atoms with van der Waals surface area (Å²) in [6, 6.07) is 6.54. The van der Waals surface area contributed by atoms with Crippen molar-refractivity contribution >= 4 is 34.0 Å². The summed E-state index contributed by atoms with van der Waals surface area (Å²) in [4.78, 5) is 19.1. The third-order valence-corrected chi connectivity index (χ3v) is 8.73. The van der Waals surface area contributed by atoms with Crippen LogP contribution in [0.15, 0.2) is 11.1 Å². The molecule has 4 rings (SSSR count). The van der Waals surface area contributed by atoms with Crippen molar-refractivity contribution in [2.24, 2.45) is 5.92 Å². The number of fused-ring (bicyclic) bond motifs is 2. The number of nitrogens with zero attached hydrogens (tertiary/aromatic N) is 3. The van der Waals surface area contributed by atoms with Gasteiger partial charge in [-0.15, -0.1) is 11.3 Å². The van der Waals surface area contributed by atoms with Crippen molar-refractivity contribution in [3.63, 3.8) is 0 Å². The van der Waals surface area contributed by atoms with E-state index in [4.69, 9.17) is 4.98 Å². The number of rotatable bonds is 5. The van der Waals surface area contributed by atoms with Crippen LogP contribution in [0.4, 0.5) is 5.00 Å². The monoisotopic (exact) mass is 450 g/mol. The first-order chi connectivity index (χ1) is 15.0. The lowest BCUT2D eigenvalue weighted by atomic mass is 9.87. The number of thioether (sulfide) groups is 1. The summed E-state index contributed by atoms with van der Waals surface area (Å²) in [7, 11) is 0.